The van der Waals surface area contributed by atoms with Gasteiger partial charge in [0.1, 0.15) is 6.61 Å². The summed E-state index contributed by atoms with van der Waals surface area (Å²) in [5.74, 6) is -4.89. The number of hydrogen-bond acceptors (Lipinski definition) is 4. The summed E-state index contributed by atoms with van der Waals surface area (Å²) in [5, 5.41) is 0. The molecule has 0 aromatic heterocycles. The van der Waals surface area contributed by atoms with E-state index in [1.165, 1.54) is 0 Å². The molecule has 1 aromatic rings. The van der Waals surface area contributed by atoms with Crippen LogP contribution in [0.2, 0.25) is 0 Å². The van der Waals surface area contributed by atoms with Gasteiger partial charge < -0.3 is 14.4 Å². The maximum absolute atomic E-state index is 14.2. The van der Waals surface area contributed by atoms with Gasteiger partial charge in [-0.05, 0) is 18.9 Å². The Kier molecular flexibility index (Phi) is 6.11. The van der Waals surface area contributed by atoms with Crippen LogP contribution >= 0.6 is 0 Å². The number of halogens is 2. The Morgan fingerprint density at radius 2 is 1.96 bits per heavy atom. The summed E-state index contributed by atoms with van der Waals surface area (Å²) in [7, 11) is 0. The molecule has 0 unspecified atom stereocenters. The van der Waals surface area contributed by atoms with E-state index in [1.807, 2.05) is 6.07 Å². The van der Waals surface area contributed by atoms with Crippen LogP contribution in [0.5, 0.6) is 0 Å². The fraction of sp³-hybridized carbons (Fsp3) is 0.529. The highest BCUT2D eigenvalue weighted by molar-refractivity contribution is 5.70. The summed E-state index contributed by atoms with van der Waals surface area (Å²) in [5.41, 5.74) is 0.787. The Balaban J connectivity index is 1.86. The molecule has 5 nitrogen and oxygen atoms in total. The molecule has 1 aliphatic rings. The fourth-order valence-electron chi connectivity index (χ4n) is 2.62. The molecule has 0 spiro atoms. The quantitative estimate of drug-likeness (QED) is 0.772. The van der Waals surface area contributed by atoms with Crippen molar-refractivity contribution in [3.8, 4) is 0 Å². The minimum Gasteiger partial charge on any atom is -0.466 e. The van der Waals surface area contributed by atoms with Crippen LogP contribution < -0.4 is 0 Å². The zero-order valence-corrected chi connectivity index (χ0v) is 13.5. The van der Waals surface area contributed by atoms with Crippen LogP contribution in [0.3, 0.4) is 0 Å². The van der Waals surface area contributed by atoms with Crippen LogP contribution in [0, 0.1) is 5.92 Å². The molecule has 1 atom stereocenters. The van der Waals surface area contributed by atoms with Gasteiger partial charge in [-0.3, -0.25) is 4.79 Å². The van der Waals surface area contributed by atoms with E-state index in [4.69, 9.17) is 9.47 Å². The Labute approximate surface area is 139 Å². The molecule has 1 saturated heterocycles. The largest absolute Gasteiger partial charge is 0.466 e. The molecule has 132 valence electrons. The Morgan fingerprint density at radius 1 is 1.25 bits per heavy atom. The number of esters is 1. The van der Waals surface area contributed by atoms with Crippen molar-refractivity contribution in [2.24, 2.45) is 5.92 Å². The Bertz CT molecular complexity index is 565. The summed E-state index contributed by atoms with van der Waals surface area (Å²) in [6.07, 6.45) is -1.08. The number of carbonyl (C=O) groups excluding carboxylic acids is 2. The number of alkyl halides is 2. The lowest BCUT2D eigenvalue weighted by Crippen LogP contribution is -2.51. The standard InChI is InChI=1S/C17H21F2NO4/c1-2-23-15(21)10-14-8-9-20(12-17(14,18)19)16(22)24-11-13-6-4-3-5-7-13/h3-7,14H,2,8-12H2,1H3/t14-/m1/s1. The molecule has 0 radical (unpaired) electrons. The van der Waals surface area contributed by atoms with Crippen molar-refractivity contribution in [3.63, 3.8) is 0 Å². The van der Waals surface area contributed by atoms with Crippen molar-refractivity contribution >= 4 is 12.1 Å². The number of rotatable bonds is 5. The minimum absolute atomic E-state index is 0.0340. The lowest BCUT2D eigenvalue weighted by atomic mass is 9.90. The second-order valence-electron chi connectivity index (χ2n) is 5.72. The van der Waals surface area contributed by atoms with E-state index in [0.717, 1.165) is 10.5 Å². The zero-order valence-electron chi connectivity index (χ0n) is 13.5. The number of benzene rings is 1. The molecule has 1 aliphatic heterocycles. The summed E-state index contributed by atoms with van der Waals surface area (Å²) in [6, 6.07) is 9.01. The van der Waals surface area contributed by atoms with Crippen molar-refractivity contribution < 1.29 is 27.8 Å². The van der Waals surface area contributed by atoms with Crippen LogP contribution in [0.1, 0.15) is 25.3 Å². The number of amides is 1. The minimum atomic E-state index is -3.14. The average molecular weight is 341 g/mol. The van der Waals surface area contributed by atoms with Crippen LogP contribution in [0.15, 0.2) is 30.3 Å². The molecule has 0 aliphatic carbocycles. The van der Waals surface area contributed by atoms with Crippen molar-refractivity contribution in [1.29, 1.82) is 0 Å². The predicted octanol–water partition coefficient (Wildman–Crippen LogP) is 3.23. The topological polar surface area (TPSA) is 55.8 Å². The van der Waals surface area contributed by atoms with Gasteiger partial charge in [0.05, 0.1) is 19.6 Å². The van der Waals surface area contributed by atoms with Crippen LogP contribution in [-0.2, 0) is 20.9 Å². The number of likely N-dealkylation sites (tertiary alicyclic amines) is 1. The molecule has 0 saturated carbocycles. The van der Waals surface area contributed by atoms with E-state index in [0.29, 0.717) is 0 Å². The van der Waals surface area contributed by atoms with Gasteiger partial charge >= 0.3 is 12.1 Å². The number of piperidine rings is 1. The lowest BCUT2D eigenvalue weighted by molar-refractivity contribution is -0.153. The molecule has 24 heavy (non-hydrogen) atoms. The van der Waals surface area contributed by atoms with Gasteiger partial charge in [0, 0.05) is 12.5 Å². The smallest absolute Gasteiger partial charge is 0.410 e. The summed E-state index contributed by atoms with van der Waals surface area (Å²) >= 11 is 0. The first-order chi connectivity index (χ1) is 11.4. The van der Waals surface area contributed by atoms with Crippen molar-refractivity contribution in [2.75, 3.05) is 19.7 Å². The third kappa shape index (κ3) is 4.91. The summed E-state index contributed by atoms with van der Waals surface area (Å²) < 4.78 is 38.2. The highest BCUT2D eigenvalue weighted by atomic mass is 19.3. The average Bonchev–Trinajstić information content (AvgIpc) is 2.55. The van der Waals surface area contributed by atoms with Crippen molar-refractivity contribution in [2.45, 2.75) is 32.3 Å². The fourth-order valence-corrected chi connectivity index (χ4v) is 2.62. The van der Waals surface area contributed by atoms with E-state index in [2.05, 4.69) is 0 Å². The molecule has 0 N–H and O–H groups in total. The third-order valence-corrected chi connectivity index (χ3v) is 3.93. The van der Waals surface area contributed by atoms with Gasteiger partial charge in [0.25, 0.3) is 5.92 Å². The van der Waals surface area contributed by atoms with E-state index in [1.54, 1.807) is 31.2 Å². The molecule has 7 heteroatoms. The van der Waals surface area contributed by atoms with E-state index in [9.17, 15) is 18.4 Å². The number of nitrogens with zero attached hydrogens (tertiary/aromatic N) is 1. The first-order valence-electron chi connectivity index (χ1n) is 7.91. The molecular formula is C17H21F2NO4. The zero-order chi connectivity index (χ0) is 17.6. The molecule has 1 amide bonds. The Hall–Kier alpha value is -2.18. The SMILES string of the molecule is CCOC(=O)C[C@H]1CCN(C(=O)OCc2ccccc2)CC1(F)F. The van der Waals surface area contributed by atoms with Crippen molar-refractivity contribution in [3.05, 3.63) is 35.9 Å². The molecule has 1 fully saturated rings. The van der Waals surface area contributed by atoms with Crippen LogP contribution in [0.25, 0.3) is 0 Å². The van der Waals surface area contributed by atoms with E-state index in [-0.39, 0.29) is 32.6 Å². The van der Waals surface area contributed by atoms with Crippen LogP contribution in [0.4, 0.5) is 13.6 Å². The first kappa shape index (κ1) is 18.2. The Morgan fingerprint density at radius 3 is 2.58 bits per heavy atom. The van der Waals surface area contributed by atoms with Gasteiger partial charge in [0.15, 0.2) is 0 Å². The highest BCUT2D eigenvalue weighted by Crippen LogP contribution is 2.35. The molecule has 2 rings (SSSR count). The normalized spacial score (nSPS) is 19.6. The van der Waals surface area contributed by atoms with Gasteiger partial charge in [-0.15, -0.1) is 0 Å². The summed E-state index contributed by atoms with van der Waals surface area (Å²) in [4.78, 5) is 24.4. The second-order valence-corrected chi connectivity index (χ2v) is 5.72. The lowest BCUT2D eigenvalue weighted by Gasteiger charge is -2.37. The summed E-state index contributed by atoms with van der Waals surface area (Å²) in [6.45, 7) is 1.21. The van der Waals surface area contributed by atoms with Crippen molar-refractivity contribution in [1.82, 2.24) is 4.90 Å². The molecule has 1 heterocycles. The number of ether oxygens (including phenoxy) is 2. The molecular weight excluding hydrogens is 320 g/mol. The first-order valence-corrected chi connectivity index (χ1v) is 7.91. The predicted molar refractivity (Wildman–Crippen MR) is 82.5 cm³/mol. The number of carbonyl (C=O) groups is 2. The molecule has 1 aromatic carbocycles. The third-order valence-electron chi connectivity index (χ3n) is 3.93. The monoisotopic (exact) mass is 341 g/mol. The maximum Gasteiger partial charge on any atom is 0.410 e. The maximum atomic E-state index is 14.2. The van der Waals surface area contributed by atoms with Gasteiger partial charge in [0.2, 0.25) is 0 Å². The van der Waals surface area contributed by atoms with E-state index < -0.39 is 30.4 Å². The van der Waals surface area contributed by atoms with Gasteiger partial charge in [-0.25, -0.2) is 13.6 Å². The molecule has 0 bridgehead atoms. The van der Waals surface area contributed by atoms with Gasteiger partial charge in [-0.2, -0.15) is 0 Å². The van der Waals surface area contributed by atoms with E-state index >= 15 is 0 Å². The number of hydrogen-bond donors (Lipinski definition) is 0. The van der Waals surface area contributed by atoms with Crippen LogP contribution in [-0.4, -0.2) is 42.6 Å². The van der Waals surface area contributed by atoms with Gasteiger partial charge in [-0.1, -0.05) is 30.3 Å². The highest BCUT2D eigenvalue weighted by Gasteiger charge is 2.47. The second kappa shape index (κ2) is 8.08.